The first-order chi connectivity index (χ1) is 21.8. The monoisotopic (exact) mass is 836 g/mol. The van der Waals surface area contributed by atoms with Gasteiger partial charge in [-0.1, -0.05) is 0 Å². The van der Waals surface area contributed by atoms with E-state index in [2.05, 4.69) is 196 Å². The normalized spacial score (nSPS) is 15.7. The van der Waals surface area contributed by atoms with E-state index >= 15 is 0 Å². The first kappa shape index (κ1) is 32.8. The Balaban J connectivity index is 1.65. The Morgan fingerprint density at radius 1 is 0.400 bits per heavy atom. The van der Waals surface area contributed by atoms with Gasteiger partial charge in [0.15, 0.2) is 0 Å². The summed E-state index contributed by atoms with van der Waals surface area (Å²) in [6.07, 6.45) is 19.3. The molecule has 228 valence electrons. The van der Waals surface area contributed by atoms with Gasteiger partial charge in [-0.05, 0) is 0 Å². The van der Waals surface area contributed by atoms with Gasteiger partial charge >= 0.3 is 285 Å². The maximum atomic E-state index is 2.70. The van der Waals surface area contributed by atoms with E-state index in [0.29, 0.717) is 11.1 Å². The van der Waals surface area contributed by atoms with E-state index in [4.69, 9.17) is 0 Å². The van der Waals surface area contributed by atoms with Crippen molar-refractivity contribution in [3.05, 3.63) is 170 Å². The Hall–Kier alpha value is -2.13. The molecule has 4 aromatic carbocycles. The van der Waals surface area contributed by atoms with E-state index in [-0.39, 0.29) is 0 Å². The van der Waals surface area contributed by atoms with Crippen LogP contribution in [0.2, 0.25) is 47.8 Å². The van der Waals surface area contributed by atoms with Crippen molar-refractivity contribution in [3.8, 4) is 0 Å². The first-order valence-corrected chi connectivity index (χ1v) is 37.0. The Labute approximate surface area is 282 Å². The molecule has 0 amide bonds. The van der Waals surface area contributed by atoms with Gasteiger partial charge in [0.25, 0.3) is 0 Å². The Morgan fingerprint density at radius 2 is 0.644 bits per heavy atom. The molecule has 0 saturated carbocycles. The van der Waals surface area contributed by atoms with Crippen LogP contribution in [0.4, 0.5) is 0 Å². The fourth-order valence-corrected chi connectivity index (χ4v) is 122. The molecule has 0 nitrogen and oxygen atoms in total. The molecule has 2 aliphatic rings. The summed E-state index contributed by atoms with van der Waals surface area (Å²) in [4.78, 5) is 0. The number of rotatable bonds is 12. The topological polar surface area (TPSA) is 0 Å². The summed E-state index contributed by atoms with van der Waals surface area (Å²) in [7, 11) is -3.43. The molecule has 0 bridgehead atoms. The van der Waals surface area contributed by atoms with Gasteiger partial charge in [-0.15, -0.1) is 0 Å². The predicted octanol–water partition coefficient (Wildman–Crippen LogP) is 8.54. The van der Waals surface area contributed by atoms with Crippen LogP contribution in [-0.2, 0) is 0 Å². The van der Waals surface area contributed by atoms with Crippen LogP contribution < -0.4 is 14.3 Å². The average Bonchev–Trinajstić information content (AvgIpc) is 3.82. The molecule has 4 heteroatoms. The molecule has 45 heavy (non-hydrogen) atoms. The van der Waals surface area contributed by atoms with E-state index in [1.807, 2.05) is 0 Å². The molecule has 0 aliphatic heterocycles. The number of hydrogen-bond donors (Lipinski definition) is 0. The minimum atomic E-state index is -3.46. The molecule has 0 unspecified atom stereocenters. The van der Waals surface area contributed by atoms with Crippen molar-refractivity contribution < 1.29 is 0 Å². The van der Waals surface area contributed by atoms with Crippen LogP contribution in [0.3, 0.4) is 0 Å². The van der Waals surface area contributed by atoms with Crippen LogP contribution >= 0.6 is 0 Å². The summed E-state index contributed by atoms with van der Waals surface area (Å²) >= 11 is -6.92. The third kappa shape index (κ3) is 6.95. The second kappa shape index (κ2) is 13.9. The Morgan fingerprint density at radius 3 is 0.889 bits per heavy atom. The summed E-state index contributed by atoms with van der Waals surface area (Å²) in [5, 5.41) is 0. The molecule has 0 saturated heterocycles. The second-order valence-electron chi connectivity index (χ2n) is 14.7. The van der Waals surface area contributed by atoms with Crippen LogP contribution in [-0.4, -0.2) is 52.9 Å². The zero-order chi connectivity index (χ0) is 31.4. The van der Waals surface area contributed by atoms with Gasteiger partial charge < -0.3 is 0 Å². The summed E-state index contributed by atoms with van der Waals surface area (Å²) in [6.45, 7) is 10.8. The second-order valence-corrected chi connectivity index (χ2v) is 57.5. The molecule has 0 radical (unpaired) electrons. The van der Waals surface area contributed by atoms with Crippen molar-refractivity contribution in [2.75, 3.05) is 0 Å². The predicted molar refractivity (Wildman–Crippen MR) is 209 cm³/mol. The third-order valence-corrected chi connectivity index (χ3v) is 87.1. The van der Waals surface area contributed by atoms with Gasteiger partial charge in [-0.3, -0.25) is 0 Å². The van der Waals surface area contributed by atoms with Crippen LogP contribution in [0.25, 0.3) is 0 Å². The molecule has 0 aromatic heterocycles. The fourth-order valence-electron chi connectivity index (χ4n) is 8.52. The average molecular weight is 834 g/mol. The van der Waals surface area contributed by atoms with Gasteiger partial charge in [0.2, 0.25) is 0 Å². The van der Waals surface area contributed by atoms with Crippen molar-refractivity contribution in [1.82, 2.24) is 0 Å². The maximum absolute atomic E-state index is 3.46. The van der Waals surface area contributed by atoms with Crippen molar-refractivity contribution in [2.45, 2.75) is 47.8 Å². The van der Waals surface area contributed by atoms with Gasteiger partial charge in [-0.2, -0.15) is 0 Å². The van der Waals surface area contributed by atoms with Crippen LogP contribution in [0.5, 0.6) is 0 Å². The number of benzene rings is 4. The molecule has 0 N–H and O–H groups in total. The summed E-state index contributed by atoms with van der Waals surface area (Å²) in [5.41, 5.74) is 1.22. The van der Waals surface area contributed by atoms with Crippen molar-refractivity contribution in [3.63, 3.8) is 0 Å². The van der Waals surface area contributed by atoms with E-state index < -0.39 is 52.9 Å². The molecule has 0 fully saturated rings. The molecule has 6 rings (SSSR count). The van der Waals surface area contributed by atoms with Gasteiger partial charge in [0, 0.05) is 0 Å². The molecule has 2 aliphatic carbocycles. The summed E-state index contributed by atoms with van der Waals surface area (Å²) in [6, 6.07) is 48.0. The summed E-state index contributed by atoms with van der Waals surface area (Å²) in [5.74, 6) is 0. The van der Waals surface area contributed by atoms with Gasteiger partial charge in [0.1, 0.15) is 0 Å². The van der Waals surface area contributed by atoms with Crippen molar-refractivity contribution in [2.24, 2.45) is 0 Å². The van der Waals surface area contributed by atoms with Gasteiger partial charge in [-0.25, -0.2) is 0 Å². The van der Waals surface area contributed by atoms with E-state index in [1.54, 1.807) is 14.3 Å². The van der Waals surface area contributed by atoms with Gasteiger partial charge in [0.05, 0.1) is 0 Å². The van der Waals surface area contributed by atoms with E-state index in [0.717, 1.165) is 0 Å². The Bertz CT molecular complexity index is 1440. The molecular formula is C41H48Si2Sn2. The van der Waals surface area contributed by atoms with Crippen molar-refractivity contribution in [1.29, 1.82) is 0 Å². The SMILES string of the molecule is C[Si](C)([CH2][Sn]([CH2][Sn]([CH2][Si](C)(C)C1C=CC=C1)([c]1ccccc1)[c]1ccccc1)([c]1ccccc1)[c]1ccccc1)C1C=CC=C1. The van der Waals surface area contributed by atoms with E-state index in [1.165, 1.54) is 10.6 Å². The van der Waals surface area contributed by atoms with Crippen LogP contribution in [0.1, 0.15) is 0 Å². The number of hydrogen-bond acceptors (Lipinski definition) is 0. The third-order valence-electron chi connectivity index (χ3n) is 10.7. The fraction of sp³-hybridized carbons (Fsp3) is 0.220. The first-order valence-electron chi connectivity index (χ1n) is 16.7. The van der Waals surface area contributed by atoms with Crippen LogP contribution in [0, 0.1) is 0 Å². The summed E-state index contributed by atoms with van der Waals surface area (Å²) < 4.78 is 11.1. The molecule has 4 aromatic rings. The number of allylic oxidation sites excluding steroid dienone is 8. The zero-order valence-corrected chi connectivity index (χ0v) is 35.2. The minimum absolute atomic E-state index is 0.610. The standard InChI is InChI=1S/2C8H13Si.4C6H5.CH2.2Sn/c2*1-9(2,3)8-6-4-5-7-8;4*1-2-4-6-5-3-1;;;/h2*4-8H,1H2,2-3H3;4*1-5H;1H2;;. The Kier molecular flexibility index (Phi) is 10.1. The zero-order valence-electron chi connectivity index (χ0n) is 27.4. The molecule has 0 atom stereocenters. The van der Waals surface area contributed by atoms with Crippen molar-refractivity contribution >= 4 is 67.2 Å². The quantitative estimate of drug-likeness (QED) is 0.126. The molecule has 0 spiro atoms. The molecule has 0 heterocycles. The van der Waals surface area contributed by atoms with E-state index in [9.17, 15) is 0 Å². The molecular weight excluding hydrogens is 786 g/mol. The van der Waals surface area contributed by atoms with Crippen LogP contribution in [0.15, 0.2) is 170 Å².